The van der Waals surface area contributed by atoms with E-state index in [9.17, 15) is 0 Å². The quantitative estimate of drug-likeness (QED) is 0.410. The van der Waals surface area contributed by atoms with Gasteiger partial charge in [0.15, 0.2) is 0 Å². The first-order chi connectivity index (χ1) is 14.4. The van der Waals surface area contributed by atoms with E-state index in [0.29, 0.717) is 0 Å². The van der Waals surface area contributed by atoms with Crippen LogP contribution in [0, 0.1) is 0 Å². The largest absolute Gasteiger partial charge is 0.473 e. The standard InChI is InChI=1S/C18H18.C10H8O/c1-3-7-15-13(5-1)9-11-18-16-8-4-2-6-14(16)10-12-17(15)18;1-2-4-10-6-8-11-7-5-9(10)3-1/h1,3,5,7,10,12H,2,4,6,8-9,11H2;1-8H. The molecule has 0 unspecified atom stereocenters. The number of rotatable bonds is 0. The Morgan fingerprint density at radius 3 is 2.07 bits per heavy atom. The van der Waals surface area contributed by atoms with Crippen molar-refractivity contribution in [2.75, 3.05) is 0 Å². The van der Waals surface area contributed by atoms with Crippen LogP contribution in [0.2, 0.25) is 0 Å². The van der Waals surface area contributed by atoms with Gasteiger partial charge in [-0.05, 0) is 95.2 Å². The lowest BCUT2D eigenvalue weighted by Gasteiger charge is -2.26. The Balaban J connectivity index is 0.000000142. The van der Waals surface area contributed by atoms with Gasteiger partial charge in [-0.25, -0.2) is 0 Å². The van der Waals surface area contributed by atoms with Crippen molar-refractivity contribution in [2.45, 2.75) is 38.5 Å². The zero-order chi connectivity index (χ0) is 19.5. The molecule has 0 saturated heterocycles. The summed E-state index contributed by atoms with van der Waals surface area (Å²) in [4.78, 5) is 0. The highest BCUT2D eigenvalue weighted by atomic mass is 16.5. The van der Waals surface area contributed by atoms with E-state index in [1.54, 1.807) is 29.2 Å². The number of benzene rings is 3. The van der Waals surface area contributed by atoms with Crippen LogP contribution < -0.4 is 0 Å². The molecule has 1 nitrogen and oxygen atoms in total. The van der Waals surface area contributed by atoms with Crippen LogP contribution in [0.25, 0.3) is 23.3 Å². The topological polar surface area (TPSA) is 9.23 Å². The molecule has 144 valence electrons. The highest BCUT2D eigenvalue weighted by Crippen LogP contribution is 2.38. The molecular formula is C28H26O. The van der Waals surface area contributed by atoms with Crippen LogP contribution in [0.4, 0.5) is 0 Å². The minimum atomic E-state index is 1.20. The summed E-state index contributed by atoms with van der Waals surface area (Å²) in [7, 11) is 0. The number of ether oxygens (including phenoxy) is 1. The van der Waals surface area contributed by atoms with Crippen LogP contribution >= 0.6 is 0 Å². The van der Waals surface area contributed by atoms with E-state index in [1.807, 2.05) is 24.3 Å². The minimum Gasteiger partial charge on any atom is -0.473 e. The molecule has 1 aliphatic heterocycles. The van der Waals surface area contributed by atoms with Crippen LogP contribution in [-0.4, -0.2) is 0 Å². The first-order valence-electron chi connectivity index (χ1n) is 10.7. The molecule has 1 heteroatoms. The summed E-state index contributed by atoms with van der Waals surface area (Å²) in [6.07, 6.45) is 15.1. The predicted molar refractivity (Wildman–Crippen MR) is 122 cm³/mol. The van der Waals surface area contributed by atoms with E-state index >= 15 is 0 Å². The molecule has 3 aromatic rings. The highest BCUT2D eigenvalue weighted by molar-refractivity contribution is 5.75. The van der Waals surface area contributed by atoms with Crippen LogP contribution in [0.15, 0.2) is 73.2 Å². The Hall–Kier alpha value is -3.06. The second-order valence-corrected chi connectivity index (χ2v) is 7.96. The lowest BCUT2D eigenvalue weighted by Crippen LogP contribution is -2.12. The number of aryl methyl sites for hydroxylation is 2. The monoisotopic (exact) mass is 378 g/mol. The molecule has 0 fully saturated rings. The Labute approximate surface area is 173 Å². The first kappa shape index (κ1) is 18.0. The van der Waals surface area contributed by atoms with Crippen molar-refractivity contribution in [3.63, 3.8) is 0 Å². The van der Waals surface area contributed by atoms with Crippen molar-refractivity contribution in [1.82, 2.24) is 0 Å². The summed E-state index contributed by atoms with van der Waals surface area (Å²) in [6.45, 7) is 0. The molecule has 6 rings (SSSR count). The van der Waals surface area contributed by atoms with E-state index in [0.717, 1.165) is 0 Å². The molecule has 0 radical (unpaired) electrons. The number of hydrogen-bond donors (Lipinski definition) is 0. The predicted octanol–water partition coefficient (Wildman–Crippen LogP) is 6.99. The molecule has 29 heavy (non-hydrogen) atoms. The van der Waals surface area contributed by atoms with Gasteiger partial charge in [-0.15, -0.1) is 0 Å². The van der Waals surface area contributed by atoms with E-state index in [2.05, 4.69) is 48.5 Å². The summed E-state index contributed by atoms with van der Waals surface area (Å²) >= 11 is 0. The first-order valence-corrected chi connectivity index (χ1v) is 10.7. The maximum Gasteiger partial charge on any atom is 0.0907 e. The molecule has 0 bridgehead atoms. The molecule has 0 atom stereocenters. The molecule has 1 heterocycles. The third kappa shape index (κ3) is 3.65. The van der Waals surface area contributed by atoms with Gasteiger partial charge in [-0.1, -0.05) is 60.7 Å². The lowest BCUT2D eigenvalue weighted by atomic mass is 9.78. The van der Waals surface area contributed by atoms with Gasteiger partial charge in [0.2, 0.25) is 0 Å². The zero-order valence-corrected chi connectivity index (χ0v) is 16.7. The van der Waals surface area contributed by atoms with Crippen molar-refractivity contribution in [3.8, 4) is 11.1 Å². The normalized spacial score (nSPS) is 15.4. The van der Waals surface area contributed by atoms with Gasteiger partial charge in [0.05, 0.1) is 12.5 Å². The van der Waals surface area contributed by atoms with Gasteiger partial charge in [-0.3, -0.25) is 0 Å². The summed E-state index contributed by atoms with van der Waals surface area (Å²) in [5.41, 5.74) is 11.9. The molecule has 0 spiro atoms. The third-order valence-electron chi connectivity index (χ3n) is 6.25. The molecular weight excluding hydrogens is 352 g/mol. The number of hydrogen-bond acceptors (Lipinski definition) is 1. The van der Waals surface area contributed by atoms with E-state index in [1.165, 1.54) is 66.3 Å². The van der Waals surface area contributed by atoms with Crippen molar-refractivity contribution in [2.24, 2.45) is 0 Å². The molecule has 3 aromatic carbocycles. The van der Waals surface area contributed by atoms with Crippen LogP contribution in [0.5, 0.6) is 0 Å². The minimum absolute atomic E-state index is 1.20. The fourth-order valence-electron chi connectivity index (χ4n) is 4.79. The zero-order valence-electron chi connectivity index (χ0n) is 16.7. The van der Waals surface area contributed by atoms with E-state index in [-0.39, 0.29) is 0 Å². The number of fused-ring (bicyclic) bond motifs is 6. The lowest BCUT2D eigenvalue weighted by molar-refractivity contribution is 0.411. The van der Waals surface area contributed by atoms with E-state index in [4.69, 9.17) is 4.74 Å². The SMILES string of the molecule is C1=Cc2ccccc2C=CO1.c1ccc2c(c1)CCc1c-2ccc2c1CCCC2. The third-order valence-corrected chi connectivity index (χ3v) is 6.25. The van der Waals surface area contributed by atoms with Crippen molar-refractivity contribution >= 4 is 12.2 Å². The van der Waals surface area contributed by atoms with Gasteiger partial charge >= 0.3 is 0 Å². The molecule has 0 amide bonds. The Bertz CT molecular complexity index is 1060. The van der Waals surface area contributed by atoms with E-state index < -0.39 is 0 Å². The Morgan fingerprint density at radius 2 is 1.24 bits per heavy atom. The summed E-state index contributed by atoms with van der Waals surface area (Å²) in [5, 5.41) is 0. The molecule has 0 aromatic heterocycles. The van der Waals surface area contributed by atoms with Crippen molar-refractivity contribution < 1.29 is 4.74 Å². The summed E-state index contributed by atoms with van der Waals surface area (Å²) in [5.74, 6) is 0. The molecule has 3 aliphatic rings. The molecule has 0 N–H and O–H groups in total. The van der Waals surface area contributed by atoms with Crippen molar-refractivity contribution in [3.05, 3.63) is 107 Å². The maximum absolute atomic E-state index is 5.02. The average Bonchev–Trinajstić information content (AvgIpc) is 3.05. The average molecular weight is 379 g/mol. The second-order valence-electron chi connectivity index (χ2n) is 7.96. The van der Waals surface area contributed by atoms with Gasteiger partial charge in [0.1, 0.15) is 0 Å². The van der Waals surface area contributed by atoms with Crippen LogP contribution in [-0.2, 0) is 30.4 Å². The second kappa shape index (κ2) is 8.13. The van der Waals surface area contributed by atoms with Gasteiger partial charge in [0, 0.05) is 0 Å². The highest BCUT2D eigenvalue weighted by Gasteiger charge is 2.21. The van der Waals surface area contributed by atoms with Gasteiger partial charge in [-0.2, -0.15) is 0 Å². The van der Waals surface area contributed by atoms with Gasteiger partial charge in [0.25, 0.3) is 0 Å². The smallest absolute Gasteiger partial charge is 0.0907 e. The summed E-state index contributed by atoms with van der Waals surface area (Å²) < 4.78 is 5.02. The fourth-order valence-corrected chi connectivity index (χ4v) is 4.79. The Kier molecular flexibility index (Phi) is 5.04. The van der Waals surface area contributed by atoms with Crippen LogP contribution in [0.3, 0.4) is 0 Å². The van der Waals surface area contributed by atoms with Crippen molar-refractivity contribution in [1.29, 1.82) is 0 Å². The molecule has 2 aliphatic carbocycles. The fraction of sp³-hybridized carbons (Fsp3) is 0.214. The molecule has 0 saturated carbocycles. The Morgan fingerprint density at radius 1 is 0.517 bits per heavy atom. The maximum atomic E-state index is 5.02. The summed E-state index contributed by atoms with van der Waals surface area (Å²) in [6, 6.07) is 21.8. The van der Waals surface area contributed by atoms with Crippen LogP contribution in [0.1, 0.15) is 46.2 Å². The van der Waals surface area contributed by atoms with Gasteiger partial charge < -0.3 is 4.74 Å².